The molecule has 0 fully saturated rings. The van der Waals surface area contributed by atoms with Gasteiger partial charge < -0.3 is 0 Å². The molecule has 2 heterocycles. The minimum atomic E-state index is 0.816. The average molecular weight is 338 g/mol. The fourth-order valence-electron chi connectivity index (χ4n) is 1.74. The number of hydrogen-bond donors (Lipinski definition) is 0. The number of halogens is 2. The first kappa shape index (κ1) is 10.2. The molecule has 0 unspecified atom stereocenters. The molecule has 0 aliphatic rings. The second kappa shape index (κ2) is 3.79. The lowest BCUT2D eigenvalue weighted by molar-refractivity contribution is 1.33. The third-order valence-corrected chi connectivity index (χ3v) is 4.22. The molecule has 16 heavy (non-hydrogen) atoms. The topological polar surface area (TPSA) is 25.8 Å². The van der Waals surface area contributed by atoms with Gasteiger partial charge in [-0.3, -0.25) is 4.98 Å². The molecule has 0 aliphatic heterocycles. The van der Waals surface area contributed by atoms with Crippen molar-refractivity contribution in [2.75, 3.05) is 0 Å². The SMILES string of the molecule is Brc1cc2ccc3ncccc3c2nc1Br. The van der Waals surface area contributed by atoms with E-state index in [1.807, 2.05) is 24.3 Å². The van der Waals surface area contributed by atoms with Crippen LogP contribution in [-0.2, 0) is 0 Å². The van der Waals surface area contributed by atoms with Crippen LogP contribution in [0.5, 0.6) is 0 Å². The van der Waals surface area contributed by atoms with E-state index in [4.69, 9.17) is 0 Å². The fraction of sp³-hybridized carbons (Fsp3) is 0. The lowest BCUT2D eigenvalue weighted by Gasteiger charge is -2.04. The van der Waals surface area contributed by atoms with Gasteiger partial charge in [-0.2, -0.15) is 0 Å². The number of pyridine rings is 2. The Hall–Kier alpha value is -1.00. The number of rotatable bonds is 0. The van der Waals surface area contributed by atoms with Crippen LogP contribution in [0.2, 0.25) is 0 Å². The highest BCUT2D eigenvalue weighted by atomic mass is 79.9. The van der Waals surface area contributed by atoms with Gasteiger partial charge in [0.15, 0.2) is 0 Å². The standard InChI is InChI=1S/C12H6Br2N2/c13-9-6-7-3-4-10-8(2-1-5-15-10)11(7)16-12(9)14/h1-6H. The molecule has 0 aliphatic carbocycles. The van der Waals surface area contributed by atoms with Crippen LogP contribution < -0.4 is 0 Å². The van der Waals surface area contributed by atoms with Crippen molar-refractivity contribution in [2.45, 2.75) is 0 Å². The minimum Gasteiger partial charge on any atom is -0.256 e. The van der Waals surface area contributed by atoms with E-state index in [-0.39, 0.29) is 0 Å². The summed E-state index contributed by atoms with van der Waals surface area (Å²) in [6.45, 7) is 0. The molecule has 2 aromatic heterocycles. The molecular formula is C12H6Br2N2. The Bertz CT molecular complexity index is 695. The summed E-state index contributed by atoms with van der Waals surface area (Å²) in [6.07, 6.45) is 1.79. The monoisotopic (exact) mass is 336 g/mol. The highest BCUT2D eigenvalue weighted by Crippen LogP contribution is 2.29. The molecule has 0 spiro atoms. The van der Waals surface area contributed by atoms with Gasteiger partial charge in [-0.1, -0.05) is 6.07 Å². The number of benzene rings is 1. The van der Waals surface area contributed by atoms with E-state index in [1.165, 1.54) is 0 Å². The second-order valence-electron chi connectivity index (χ2n) is 3.47. The van der Waals surface area contributed by atoms with E-state index in [1.54, 1.807) is 6.20 Å². The van der Waals surface area contributed by atoms with Crippen LogP contribution in [0.15, 0.2) is 45.6 Å². The van der Waals surface area contributed by atoms with Crippen LogP contribution in [0.25, 0.3) is 21.8 Å². The summed E-state index contributed by atoms with van der Waals surface area (Å²) in [5.74, 6) is 0. The Balaban J connectivity index is 2.55. The first-order valence-electron chi connectivity index (χ1n) is 4.75. The van der Waals surface area contributed by atoms with Crippen LogP contribution in [0.4, 0.5) is 0 Å². The van der Waals surface area contributed by atoms with Crippen LogP contribution in [-0.4, -0.2) is 9.97 Å². The molecule has 1 aromatic carbocycles. The van der Waals surface area contributed by atoms with Gasteiger partial charge in [0.2, 0.25) is 0 Å². The zero-order valence-corrected chi connectivity index (χ0v) is 11.3. The summed E-state index contributed by atoms with van der Waals surface area (Å²) in [5, 5.41) is 2.18. The van der Waals surface area contributed by atoms with Crippen molar-refractivity contribution in [3.63, 3.8) is 0 Å². The molecule has 4 heteroatoms. The third kappa shape index (κ3) is 1.53. The molecule has 3 rings (SSSR count). The first-order valence-corrected chi connectivity index (χ1v) is 6.34. The predicted octanol–water partition coefficient (Wildman–Crippen LogP) is 4.31. The smallest absolute Gasteiger partial charge is 0.121 e. The normalized spacial score (nSPS) is 11.1. The van der Waals surface area contributed by atoms with Crippen molar-refractivity contribution in [1.82, 2.24) is 9.97 Å². The van der Waals surface area contributed by atoms with Gasteiger partial charge in [0, 0.05) is 17.0 Å². The van der Waals surface area contributed by atoms with Gasteiger partial charge in [-0.25, -0.2) is 4.98 Å². The fourth-order valence-corrected chi connectivity index (χ4v) is 2.37. The molecular weight excluding hydrogens is 332 g/mol. The van der Waals surface area contributed by atoms with E-state index in [2.05, 4.69) is 47.9 Å². The van der Waals surface area contributed by atoms with Gasteiger partial charge in [-0.05, 0) is 56.1 Å². The van der Waals surface area contributed by atoms with Crippen molar-refractivity contribution in [3.05, 3.63) is 45.6 Å². The van der Waals surface area contributed by atoms with E-state index in [9.17, 15) is 0 Å². The third-order valence-electron chi connectivity index (χ3n) is 2.48. The second-order valence-corrected chi connectivity index (χ2v) is 5.07. The highest BCUT2D eigenvalue weighted by Gasteiger charge is 2.05. The van der Waals surface area contributed by atoms with E-state index < -0.39 is 0 Å². The molecule has 2 nitrogen and oxygen atoms in total. The predicted molar refractivity (Wildman–Crippen MR) is 72.4 cm³/mol. The Morgan fingerprint density at radius 1 is 1.06 bits per heavy atom. The van der Waals surface area contributed by atoms with Crippen molar-refractivity contribution in [1.29, 1.82) is 0 Å². The average Bonchev–Trinajstić information content (AvgIpc) is 2.31. The summed E-state index contributed by atoms with van der Waals surface area (Å²) >= 11 is 6.88. The molecule has 0 N–H and O–H groups in total. The van der Waals surface area contributed by atoms with Crippen LogP contribution >= 0.6 is 31.9 Å². The summed E-state index contributed by atoms with van der Waals surface area (Å²) < 4.78 is 1.78. The largest absolute Gasteiger partial charge is 0.256 e. The quantitative estimate of drug-likeness (QED) is 0.451. The Labute approximate surface area is 109 Å². The Morgan fingerprint density at radius 3 is 2.81 bits per heavy atom. The molecule has 3 aromatic rings. The molecule has 0 bridgehead atoms. The Kier molecular flexibility index (Phi) is 2.41. The van der Waals surface area contributed by atoms with E-state index in [0.29, 0.717) is 0 Å². The van der Waals surface area contributed by atoms with E-state index >= 15 is 0 Å². The van der Waals surface area contributed by atoms with Gasteiger partial charge in [0.1, 0.15) is 4.60 Å². The van der Waals surface area contributed by atoms with Crippen molar-refractivity contribution in [3.8, 4) is 0 Å². The maximum absolute atomic E-state index is 4.53. The lowest BCUT2D eigenvalue weighted by atomic mass is 10.1. The summed E-state index contributed by atoms with van der Waals surface area (Å²) in [4.78, 5) is 8.85. The molecule has 0 amide bonds. The number of fused-ring (bicyclic) bond motifs is 3. The summed E-state index contributed by atoms with van der Waals surface area (Å²) in [5.41, 5.74) is 1.94. The number of nitrogens with zero attached hydrogens (tertiary/aromatic N) is 2. The van der Waals surface area contributed by atoms with Gasteiger partial charge in [0.05, 0.1) is 15.5 Å². The maximum atomic E-state index is 4.53. The van der Waals surface area contributed by atoms with Gasteiger partial charge in [-0.15, -0.1) is 0 Å². The van der Waals surface area contributed by atoms with Gasteiger partial charge >= 0.3 is 0 Å². The van der Waals surface area contributed by atoms with Crippen molar-refractivity contribution >= 4 is 53.7 Å². The van der Waals surface area contributed by atoms with Crippen molar-refractivity contribution < 1.29 is 0 Å². The number of hydrogen-bond acceptors (Lipinski definition) is 2. The maximum Gasteiger partial charge on any atom is 0.121 e. The molecule has 78 valence electrons. The number of aromatic nitrogens is 2. The van der Waals surface area contributed by atoms with E-state index in [0.717, 1.165) is 30.9 Å². The Morgan fingerprint density at radius 2 is 1.94 bits per heavy atom. The van der Waals surface area contributed by atoms with Crippen LogP contribution in [0, 0.1) is 0 Å². The summed E-state index contributed by atoms with van der Waals surface area (Å²) in [7, 11) is 0. The lowest BCUT2D eigenvalue weighted by Crippen LogP contribution is -1.85. The van der Waals surface area contributed by atoms with Crippen LogP contribution in [0.3, 0.4) is 0 Å². The molecule has 0 radical (unpaired) electrons. The minimum absolute atomic E-state index is 0.816. The molecule has 0 saturated heterocycles. The zero-order chi connectivity index (χ0) is 11.1. The van der Waals surface area contributed by atoms with Crippen molar-refractivity contribution in [2.24, 2.45) is 0 Å². The van der Waals surface area contributed by atoms with Crippen LogP contribution in [0.1, 0.15) is 0 Å². The van der Waals surface area contributed by atoms with Gasteiger partial charge in [0.25, 0.3) is 0 Å². The zero-order valence-electron chi connectivity index (χ0n) is 8.11. The summed E-state index contributed by atoms with van der Waals surface area (Å²) in [6, 6.07) is 10.1. The molecule has 0 atom stereocenters. The highest BCUT2D eigenvalue weighted by molar-refractivity contribution is 9.13. The first-order chi connectivity index (χ1) is 7.75. The molecule has 0 saturated carbocycles.